The Bertz CT molecular complexity index is 1010. The molecule has 0 saturated carbocycles. The Balaban J connectivity index is 1.72. The molecule has 1 aliphatic rings. The highest BCUT2D eigenvalue weighted by molar-refractivity contribution is 9.10. The van der Waals surface area contributed by atoms with E-state index in [1.54, 1.807) is 0 Å². The normalized spacial score (nSPS) is 14.6. The van der Waals surface area contributed by atoms with Crippen molar-refractivity contribution in [2.75, 3.05) is 5.32 Å². The lowest BCUT2D eigenvalue weighted by atomic mass is 9.82. The fourth-order valence-electron chi connectivity index (χ4n) is 4.03. The zero-order valence-electron chi connectivity index (χ0n) is 16.7. The van der Waals surface area contributed by atoms with Crippen LogP contribution >= 0.6 is 15.9 Å². The predicted octanol–water partition coefficient (Wildman–Crippen LogP) is 7.80. The topological polar surface area (TPSA) is 12.0 Å². The molecule has 3 aromatic carbocycles. The summed E-state index contributed by atoms with van der Waals surface area (Å²) in [5.74, 6) is 0. The largest absolute Gasteiger partial charge is 0.355 e. The van der Waals surface area contributed by atoms with E-state index in [0.29, 0.717) is 0 Å². The Morgan fingerprint density at radius 2 is 1.48 bits per heavy atom. The molecule has 3 aromatic rings. The van der Waals surface area contributed by atoms with Gasteiger partial charge in [0, 0.05) is 15.6 Å². The molecule has 1 nitrogen and oxygen atoms in total. The lowest BCUT2D eigenvalue weighted by Crippen LogP contribution is -2.15. The molecule has 0 spiro atoms. The van der Waals surface area contributed by atoms with Crippen molar-refractivity contribution in [3.63, 3.8) is 0 Å². The molecule has 27 heavy (non-hydrogen) atoms. The number of rotatable bonds is 2. The van der Waals surface area contributed by atoms with Crippen LogP contribution < -0.4 is 5.32 Å². The number of nitrogens with one attached hydrogen (secondary N) is 1. The summed E-state index contributed by atoms with van der Waals surface area (Å²) in [6.07, 6.45) is 0. The SMILES string of the molecule is CC(C)(C)c1ccc(Nc2cc3c(cc2Br)-c2ccccc2C3(C)C)cc1. The number of halogens is 1. The first-order chi connectivity index (χ1) is 12.7. The van der Waals surface area contributed by atoms with Crippen molar-refractivity contribution in [3.05, 3.63) is 81.8 Å². The second-order valence-corrected chi connectivity index (χ2v) is 9.85. The fraction of sp³-hybridized carbons (Fsp3) is 0.280. The van der Waals surface area contributed by atoms with E-state index in [1.165, 1.54) is 27.8 Å². The Morgan fingerprint density at radius 3 is 2.15 bits per heavy atom. The van der Waals surface area contributed by atoms with E-state index < -0.39 is 0 Å². The highest BCUT2D eigenvalue weighted by Gasteiger charge is 2.35. The minimum absolute atomic E-state index is 0.0130. The third-order valence-corrected chi connectivity index (χ3v) is 6.36. The van der Waals surface area contributed by atoms with Gasteiger partial charge in [-0.25, -0.2) is 0 Å². The number of benzene rings is 3. The lowest BCUT2D eigenvalue weighted by Gasteiger charge is -2.23. The average molecular weight is 420 g/mol. The van der Waals surface area contributed by atoms with Crippen molar-refractivity contribution >= 4 is 27.3 Å². The van der Waals surface area contributed by atoms with Crippen LogP contribution in [-0.4, -0.2) is 0 Å². The van der Waals surface area contributed by atoms with Crippen molar-refractivity contribution in [1.82, 2.24) is 0 Å². The summed E-state index contributed by atoms with van der Waals surface area (Å²) < 4.78 is 1.09. The highest BCUT2D eigenvalue weighted by atomic mass is 79.9. The number of hydrogen-bond acceptors (Lipinski definition) is 1. The molecule has 0 atom stereocenters. The van der Waals surface area contributed by atoms with E-state index in [0.717, 1.165) is 15.8 Å². The standard InChI is InChI=1S/C25H26BrN/c1-24(2,3)16-10-12-17(13-11-16)27-23-15-21-19(14-22(23)26)18-8-6-7-9-20(18)25(21,4)5/h6-15,27H,1-5H3. The zero-order valence-corrected chi connectivity index (χ0v) is 18.2. The van der Waals surface area contributed by atoms with Gasteiger partial charge in [-0.2, -0.15) is 0 Å². The Labute approximate surface area is 171 Å². The lowest BCUT2D eigenvalue weighted by molar-refractivity contribution is 0.590. The van der Waals surface area contributed by atoms with Gasteiger partial charge in [0.2, 0.25) is 0 Å². The molecule has 1 aliphatic carbocycles. The summed E-state index contributed by atoms with van der Waals surface area (Å²) in [6, 6.07) is 22.1. The summed E-state index contributed by atoms with van der Waals surface area (Å²) >= 11 is 3.78. The maximum Gasteiger partial charge on any atom is 0.0532 e. The molecule has 4 rings (SSSR count). The molecular formula is C25H26BrN. The van der Waals surface area contributed by atoms with Crippen LogP contribution in [0.1, 0.15) is 51.3 Å². The van der Waals surface area contributed by atoms with Gasteiger partial charge in [0.05, 0.1) is 5.69 Å². The Kier molecular flexibility index (Phi) is 4.23. The van der Waals surface area contributed by atoms with Crippen LogP contribution in [0.5, 0.6) is 0 Å². The Morgan fingerprint density at radius 1 is 0.815 bits per heavy atom. The second-order valence-electron chi connectivity index (χ2n) is 9.00. The third-order valence-electron chi connectivity index (χ3n) is 5.70. The molecule has 2 heteroatoms. The molecule has 138 valence electrons. The van der Waals surface area contributed by atoms with E-state index >= 15 is 0 Å². The van der Waals surface area contributed by atoms with Crippen LogP contribution in [0.25, 0.3) is 11.1 Å². The molecule has 1 N–H and O–H groups in total. The van der Waals surface area contributed by atoms with Crippen molar-refractivity contribution in [2.24, 2.45) is 0 Å². The molecule has 0 unspecified atom stereocenters. The van der Waals surface area contributed by atoms with Gasteiger partial charge in [0.25, 0.3) is 0 Å². The minimum atomic E-state index is 0.0130. The van der Waals surface area contributed by atoms with Crippen LogP contribution in [0.2, 0.25) is 0 Å². The molecule has 0 bridgehead atoms. The minimum Gasteiger partial charge on any atom is -0.355 e. The number of hydrogen-bond donors (Lipinski definition) is 1. The van der Waals surface area contributed by atoms with Gasteiger partial charge in [-0.3, -0.25) is 0 Å². The summed E-state index contributed by atoms with van der Waals surface area (Å²) in [5.41, 5.74) is 9.20. The molecule has 0 fully saturated rings. The van der Waals surface area contributed by atoms with Crippen LogP contribution in [0.3, 0.4) is 0 Å². The summed E-state index contributed by atoms with van der Waals surface area (Å²) in [5, 5.41) is 3.60. The maximum atomic E-state index is 3.78. The molecule has 0 radical (unpaired) electrons. The summed E-state index contributed by atoms with van der Waals surface area (Å²) in [4.78, 5) is 0. The molecule has 0 heterocycles. The summed E-state index contributed by atoms with van der Waals surface area (Å²) in [6.45, 7) is 11.4. The smallest absolute Gasteiger partial charge is 0.0532 e. The molecule has 0 aliphatic heterocycles. The molecule has 0 saturated heterocycles. The van der Waals surface area contributed by atoms with E-state index in [-0.39, 0.29) is 10.8 Å². The fourth-order valence-corrected chi connectivity index (χ4v) is 4.47. The maximum absolute atomic E-state index is 3.78. The van der Waals surface area contributed by atoms with Gasteiger partial charge in [-0.15, -0.1) is 0 Å². The van der Waals surface area contributed by atoms with Crippen LogP contribution in [0, 0.1) is 0 Å². The van der Waals surface area contributed by atoms with Crippen molar-refractivity contribution in [3.8, 4) is 11.1 Å². The van der Waals surface area contributed by atoms with Gasteiger partial charge in [0.1, 0.15) is 0 Å². The van der Waals surface area contributed by atoms with Crippen molar-refractivity contribution in [1.29, 1.82) is 0 Å². The predicted molar refractivity (Wildman–Crippen MR) is 120 cm³/mol. The van der Waals surface area contributed by atoms with E-state index in [4.69, 9.17) is 0 Å². The van der Waals surface area contributed by atoms with Gasteiger partial charge in [0.15, 0.2) is 0 Å². The molecule has 0 amide bonds. The van der Waals surface area contributed by atoms with Gasteiger partial charge in [-0.05, 0) is 73.4 Å². The Hall–Kier alpha value is -2.06. The van der Waals surface area contributed by atoms with Crippen LogP contribution in [-0.2, 0) is 10.8 Å². The first-order valence-electron chi connectivity index (χ1n) is 9.49. The van der Waals surface area contributed by atoms with E-state index in [2.05, 4.69) is 117 Å². The quantitative estimate of drug-likeness (QED) is 0.446. The van der Waals surface area contributed by atoms with Gasteiger partial charge < -0.3 is 5.32 Å². The van der Waals surface area contributed by atoms with Crippen molar-refractivity contribution in [2.45, 2.75) is 45.4 Å². The van der Waals surface area contributed by atoms with Gasteiger partial charge >= 0.3 is 0 Å². The molecule has 0 aromatic heterocycles. The van der Waals surface area contributed by atoms with Gasteiger partial charge in [-0.1, -0.05) is 71.0 Å². The molecular weight excluding hydrogens is 394 g/mol. The monoisotopic (exact) mass is 419 g/mol. The zero-order chi connectivity index (χ0) is 19.4. The summed E-state index contributed by atoms with van der Waals surface area (Å²) in [7, 11) is 0. The highest BCUT2D eigenvalue weighted by Crippen LogP contribution is 2.50. The first kappa shape index (κ1) is 18.3. The third kappa shape index (κ3) is 3.10. The number of anilines is 2. The van der Waals surface area contributed by atoms with Crippen molar-refractivity contribution < 1.29 is 0 Å². The second kappa shape index (κ2) is 6.24. The van der Waals surface area contributed by atoms with E-state index in [9.17, 15) is 0 Å². The van der Waals surface area contributed by atoms with Crippen LogP contribution in [0.15, 0.2) is 65.1 Å². The van der Waals surface area contributed by atoms with E-state index in [1.807, 2.05) is 0 Å². The van der Waals surface area contributed by atoms with Crippen LogP contribution in [0.4, 0.5) is 11.4 Å². The number of fused-ring (bicyclic) bond motifs is 3. The first-order valence-corrected chi connectivity index (χ1v) is 10.3. The average Bonchev–Trinajstić information content (AvgIpc) is 2.83.